The first-order valence-corrected chi connectivity index (χ1v) is 13.9. The molecule has 1 aliphatic heterocycles. The number of nitrogens with zero attached hydrogens (tertiary/aromatic N) is 1. The summed E-state index contributed by atoms with van der Waals surface area (Å²) in [6.45, 7) is 11.0. The third kappa shape index (κ3) is 6.09. The van der Waals surface area contributed by atoms with E-state index in [1.54, 1.807) is 0 Å². The highest BCUT2D eigenvalue weighted by atomic mass is 28.4. The Kier molecular flexibility index (Phi) is 8.69. The number of hydrogen-bond acceptors (Lipinski definition) is 3. The predicted octanol–water partition coefficient (Wildman–Crippen LogP) is 4.53. The second kappa shape index (κ2) is 11.3. The molecule has 0 atom stereocenters. The van der Waals surface area contributed by atoms with Crippen molar-refractivity contribution >= 4 is 24.7 Å². The average molecular weight is 454 g/mol. The molecular weight excluding hydrogens is 414 g/mol. The third-order valence-electron chi connectivity index (χ3n) is 6.77. The molecule has 0 radical (unpaired) electrons. The predicted molar refractivity (Wildman–Crippen MR) is 134 cm³/mol. The fourth-order valence-electron chi connectivity index (χ4n) is 4.99. The summed E-state index contributed by atoms with van der Waals surface area (Å²) in [6.07, 6.45) is 4.32. The summed E-state index contributed by atoms with van der Waals surface area (Å²) in [5, 5.41) is 11.5. The first-order chi connectivity index (χ1) is 15.3. The van der Waals surface area contributed by atoms with E-state index >= 15 is 0 Å². The van der Waals surface area contributed by atoms with Crippen LogP contribution in [0, 0.1) is 5.92 Å². The molecule has 5 heteroatoms. The van der Waals surface area contributed by atoms with Crippen LogP contribution in [-0.2, 0) is 9.22 Å². The van der Waals surface area contributed by atoms with E-state index in [0.717, 1.165) is 51.9 Å². The van der Waals surface area contributed by atoms with Gasteiger partial charge in [0.2, 0.25) is 0 Å². The van der Waals surface area contributed by atoms with Crippen LogP contribution in [0.15, 0.2) is 60.7 Å². The maximum atomic E-state index is 10.7. The minimum absolute atomic E-state index is 0.0144. The number of carboxylic acids is 1. The summed E-state index contributed by atoms with van der Waals surface area (Å²) in [4.78, 5) is 13.2. The number of piperidine rings is 1. The highest BCUT2D eigenvalue weighted by molar-refractivity contribution is 6.99. The molecule has 0 bridgehead atoms. The van der Waals surface area contributed by atoms with Gasteiger partial charge in [0.1, 0.15) is 0 Å². The molecule has 0 aliphatic carbocycles. The quantitative estimate of drug-likeness (QED) is 0.424. The van der Waals surface area contributed by atoms with Crippen LogP contribution in [0.4, 0.5) is 0 Å². The SMILES string of the molecule is CC(C)(C)[Si](OCC1CCN(CCCCC(=O)O)CC1)(c1ccccc1)c1ccccc1. The Morgan fingerprint density at radius 1 is 0.969 bits per heavy atom. The van der Waals surface area contributed by atoms with Gasteiger partial charge in [-0.25, -0.2) is 0 Å². The van der Waals surface area contributed by atoms with Gasteiger partial charge in [0, 0.05) is 13.0 Å². The first-order valence-electron chi connectivity index (χ1n) is 12.0. The van der Waals surface area contributed by atoms with E-state index in [4.69, 9.17) is 9.53 Å². The van der Waals surface area contributed by atoms with Crippen molar-refractivity contribution in [3.8, 4) is 0 Å². The van der Waals surface area contributed by atoms with Gasteiger partial charge in [0.05, 0.1) is 0 Å². The smallest absolute Gasteiger partial charge is 0.303 e. The molecule has 1 heterocycles. The number of carbonyl (C=O) groups is 1. The highest BCUT2D eigenvalue weighted by Crippen LogP contribution is 2.37. The van der Waals surface area contributed by atoms with Crippen molar-refractivity contribution in [1.29, 1.82) is 0 Å². The molecule has 0 saturated carbocycles. The van der Waals surface area contributed by atoms with Crippen molar-refractivity contribution in [1.82, 2.24) is 4.90 Å². The van der Waals surface area contributed by atoms with Crippen molar-refractivity contribution in [2.45, 2.75) is 57.9 Å². The summed E-state index contributed by atoms with van der Waals surface area (Å²) >= 11 is 0. The van der Waals surface area contributed by atoms with Crippen LogP contribution < -0.4 is 10.4 Å². The Morgan fingerprint density at radius 3 is 1.97 bits per heavy atom. The number of benzene rings is 2. The second-order valence-corrected chi connectivity index (χ2v) is 14.4. The minimum atomic E-state index is -2.46. The summed E-state index contributed by atoms with van der Waals surface area (Å²) < 4.78 is 7.12. The Labute approximate surface area is 194 Å². The van der Waals surface area contributed by atoms with Crippen molar-refractivity contribution in [3.05, 3.63) is 60.7 Å². The Balaban J connectivity index is 1.68. The van der Waals surface area contributed by atoms with Crippen LogP contribution in [0.5, 0.6) is 0 Å². The molecule has 0 aromatic heterocycles. The second-order valence-electron chi connectivity index (χ2n) is 10.1. The van der Waals surface area contributed by atoms with Crippen molar-refractivity contribution < 1.29 is 14.3 Å². The highest BCUT2D eigenvalue weighted by Gasteiger charge is 2.50. The van der Waals surface area contributed by atoms with Crippen LogP contribution in [0.3, 0.4) is 0 Å². The van der Waals surface area contributed by atoms with Crippen molar-refractivity contribution in [2.75, 3.05) is 26.2 Å². The summed E-state index contributed by atoms with van der Waals surface area (Å²) in [5.74, 6) is -0.115. The van der Waals surface area contributed by atoms with Crippen LogP contribution in [0.2, 0.25) is 5.04 Å². The zero-order valence-electron chi connectivity index (χ0n) is 19.9. The van der Waals surface area contributed by atoms with Gasteiger partial charge in [-0.1, -0.05) is 81.4 Å². The Bertz CT molecular complexity index is 787. The molecule has 174 valence electrons. The van der Waals surface area contributed by atoms with Gasteiger partial charge in [0.15, 0.2) is 0 Å². The standard InChI is InChI=1S/C27H39NO3Si/c1-27(2,3)32(24-12-6-4-7-13-24,25-14-8-5-9-15-25)31-22-23-17-20-28(21-18-23)19-11-10-16-26(29)30/h4-9,12-15,23H,10-11,16-22H2,1-3H3,(H,29,30). The van der Waals surface area contributed by atoms with Gasteiger partial charge in [-0.2, -0.15) is 0 Å². The molecule has 1 fully saturated rings. The van der Waals surface area contributed by atoms with Gasteiger partial charge in [-0.3, -0.25) is 4.79 Å². The zero-order valence-corrected chi connectivity index (χ0v) is 20.9. The number of hydrogen-bond donors (Lipinski definition) is 1. The number of aliphatic carboxylic acids is 1. The van der Waals surface area contributed by atoms with Gasteiger partial charge < -0.3 is 14.4 Å². The van der Waals surface area contributed by atoms with E-state index in [-0.39, 0.29) is 11.5 Å². The third-order valence-corrected chi connectivity index (χ3v) is 11.8. The Hall–Kier alpha value is -1.95. The lowest BCUT2D eigenvalue weighted by Crippen LogP contribution is -2.67. The topological polar surface area (TPSA) is 49.8 Å². The van der Waals surface area contributed by atoms with Crippen LogP contribution in [-0.4, -0.2) is 50.5 Å². The molecule has 1 saturated heterocycles. The average Bonchev–Trinajstić information content (AvgIpc) is 2.78. The molecule has 3 rings (SSSR count). The lowest BCUT2D eigenvalue weighted by Gasteiger charge is -2.44. The zero-order chi connectivity index (χ0) is 23.0. The number of likely N-dealkylation sites (tertiary alicyclic amines) is 1. The van der Waals surface area contributed by atoms with Crippen LogP contribution in [0.25, 0.3) is 0 Å². The maximum absolute atomic E-state index is 10.7. The van der Waals surface area contributed by atoms with E-state index in [1.165, 1.54) is 10.4 Å². The summed E-state index contributed by atoms with van der Waals surface area (Å²) in [6, 6.07) is 21.7. The van der Waals surface area contributed by atoms with E-state index in [9.17, 15) is 4.79 Å². The number of unbranched alkanes of at least 4 members (excludes halogenated alkanes) is 1. The van der Waals surface area contributed by atoms with E-state index in [1.807, 2.05) is 0 Å². The van der Waals surface area contributed by atoms with Crippen LogP contribution in [0.1, 0.15) is 52.9 Å². The lowest BCUT2D eigenvalue weighted by atomic mass is 9.98. The molecule has 2 aromatic carbocycles. The normalized spacial score (nSPS) is 16.2. The van der Waals surface area contributed by atoms with E-state index in [0.29, 0.717) is 5.92 Å². The van der Waals surface area contributed by atoms with Crippen molar-refractivity contribution in [3.63, 3.8) is 0 Å². The largest absolute Gasteiger partial charge is 0.481 e. The van der Waals surface area contributed by atoms with Gasteiger partial charge >= 0.3 is 5.97 Å². The molecule has 1 aliphatic rings. The van der Waals surface area contributed by atoms with Gasteiger partial charge in [-0.15, -0.1) is 0 Å². The molecule has 0 amide bonds. The molecule has 1 N–H and O–H groups in total. The molecule has 32 heavy (non-hydrogen) atoms. The van der Waals surface area contributed by atoms with Gasteiger partial charge in [0.25, 0.3) is 8.32 Å². The lowest BCUT2D eigenvalue weighted by molar-refractivity contribution is -0.137. The first kappa shape index (κ1) is 24.7. The monoisotopic (exact) mass is 453 g/mol. The number of rotatable bonds is 10. The summed E-state index contributed by atoms with van der Waals surface area (Å²) in [7, 11) is -2.46. The maximum Gasteiger partial charge on any atom is 0.303 e. The summed E-state index contributed by atoms with van der Waals surface area (Å²) in [5.41, 5.74) is 0. The molecule has 2 aromatic rings. The molecule has 4 nitrogen and oxygen atoms in total. The fourth-order valence-corrected chi connectivity index (χ4v) is 9.63. The fraction of sp³-hybridized carbons (Fsp3) is 0.519. The molecule has 0 spiro atoms. The molecule has 0 unspecified atom stereocenters. The van der Waals surface area contributed by atoms with Gasteiger partial charge in [-0.05, 0) is 66.6 Å². The molecular formula is C27H39NO3Si. The van der Waals surface area contributed by atoms with E-state index in [2.05, 4.69) is 86.3 Å². The number of carboxylic acid groups (broad SMARTS) is 1. The van der Waals surface area contributed by atoms with E-state index < -0.39 is 14.3 Å². The minimum Gasteiger partial charge on any atom is -0.481 e. The Morgan fingerprint density at radius 2 is 1.50 bits per heavy atom. The van der Waals surface area contributed by atoms with Crippen LogP contribution >= 0.6 is 0 Å². The van der Waals surface area contributed by atoms with Crippen molar-refractivity contribution in [2.24, 2.45) is 5.92 Å².